The molecule has 0 radical (unpaired) electrons. The molecule has 0 aliphatic heterocycles. The fraction of sp³-hybridized carbons (Fsp3) is 0.263. The lowest BCUT2D eigenvalue weighted by molar-refractivity contribution is 0.0542. The Labute approximate surface area is 135 Å². The minimum absolute atomic E-state index is 0.0802. The molecule has 1 heterocycles. The highest BCUT2D eigenvalue weighted by Crippen LogP contribution is 2.35. The van der Waals surface area contributed by atoms with E-state index in [2.05, 4.69) is 11.6 Å². The Morgan fingerprint density at radius 3 is 2.78 bits per heavy atom. The first-order valence-corrected chi connectivity index (χ1v) is 7.69. The summed E-state index contributed by atoms with van der Waals surface area (Å²) < 4.78 is 5.08. The number of benzene rings is 1. The molecule has 2 aromatic rings. The number of aromatic nitrogens is 1. The third-order valence-corrected chi connectivity index (χ3v) is 4.30. The molecular formula is C19H19NO3. The van der Waals surface area contributed by atoms with Gasteiger partial charge in [0, 0.05) is 17.7 Å². The van der Waals surface area contributed by atoms with Crippen molar-refractivity contribution in [2.75, 3.05) is 6.61 Å². The predicted molar refractivity (Wildman–Crippen MR) is 87.8 cm³/mol. The Morgan fingerprint density at radius 2 is 2.09 bits per heavy atom. The van der Waals surface area contributed by atoms with E-state index in [0.29, 0.717) is 23.2 Å². The first-order valence-electron chi connectivity index (χ1n) is 7.69. The van der Waals surface area contributed by atoms with Crippen molar-refractivity contribution in [1.29, 1.82) is 0 Å². The average molecular weight is 309 g/mol. The molecule has 1 N–H and O–H groups in total. The molecule has 4 heteroatoms. The molecule has 0 amide bonds. The first kappa shape index (κ1) is 15.3. The number of esters is 1. The van der Waals surface area contributed by atoms with Gasteiger partial charge >= 0.3 is 5.97 Å². The number of carbonyl (C=O) groups excluding carboxylic acids is 2. The van der Waals surface area contributed by atoms with Crippen LogP contribution < -0.4 is 0 Å². The zero-order chi connectivity index (χ0) is 16.4. The SMILES string of the molecule is C=CCOC(=O)c1[nH]c2c(c1C)C(=O)C[C@H](c1ccccc1)C2. The third-order valence-electron chi connectivity index (χ3n) is 4.30. The van der Waals surface area contributed by atoms with E-state index in [0.717, 1.165) is 17.7 Å². The lowest BCUT2D eigenvalue weighted by Gasteiger charge is -2.22. The van der Waals surface area contributed by atoms with Crippen LogP contribution in [0, 0.1) is 6.92 Å². The molecule has 1 aromatic carbocycles. The summed E-state index contributed by atoms with van der Waals surface area (Å²) in [6.45, 7) is 5.48. The molecule has 1 aliphatic carbocycles. The molecule has 0 saturated carbocycles. The topological polar surface area (TPSA) is 59.2 Å². The quantitative estimate of drug-likeness (QED) is 0.693. The average Bonchev–Trinajstić information content (AvgIpc) is 2.91. The Kier molecular flexibility index (Phi) is 4.15. The van der Waals surface area contributed by atoms with Crippen LogP contribution in [0.5, 0.6) is 0 Å². The van der Waals surface area contributed by atoms with Crippen molar-refractivity contribution in [3.8, 4) is 0 Å². The Hall–Kier alpha value is -2.62. The molecule has 1 aliphatic rings. The molecule has 0 saturated heterocycles. The van der Waals surface area contributed by atoms with Crippen molar-refractivity contribution >= 4 is 11.8 Å². The van der Waals surface area contributed by atoms with Crippen LogP contribution in [0.1, 0.15) is 50.0 Å². The largest absolute Gasteiger partial charge is 0.457 e. The number of ketones is 1. The molecule has 0 unspecified atom stereocenters. The Morgan fingerprint density at radius 1 is 1.35 bits per heavy atom. The maximum atomic E-state index is 12.6. The number of rotatable bonds is 4. The lowest BCUT2D eigenvalue weighted by Crippen LogP contribution is -2.18. The minimum atomic E-state index is -0.444. The van der Waals surface area contributed by atoms with E-state index < -0.39 is 5.97 Å². The van der Waals surface area contributed by atoms with Crippen molar-refractivity contribution in [2.24, 2.45) is 0 Å². The van der Waals surface area contributed by atoms with Crippen molar-refractivity contribution in [3.63, 3.8) is 0 Å². The molecule has 1 atom stereocenters. The standard InChI is InChI=1S/C19H19NO3/c1-3-9-23-19(22)18-12(2)17-15(20-18)10-14(11-16(17)21)13-7-5-4-6-8-13/h3-8,14,20H,1,9-11H2,2H3/t14-/m1/s1. The van der Waals surface area contributed by atoms with Crippen LogP contribution in [0.15, 0.2) is 43.0 Å². The molecule has 1 aromatic heterocycles. The number of hydrogen-bond donors (Lipinski definition) is 1. The predicted octanol–water partition coefficient (Wildman–Crippen LogP) is 3.58. The van der Waals surface area contributed by atoms with Gasteiger partial charge in [-0.3, -0.25) is 4.79 Å². The van der Waals surface area contributed by atoms with Gasteiger partial charge in [-0.25, -0.2) is 4.79 Å². The van der Waals surface area contributed by atoms with Crippen LogP contribution in [-0.2, 0) is 11.2 Å². The maximum absolute atomic E-state index is 12.6. The van der Waals surface area contributed by atoms with Gasteiger partial charge in [0.25, 0.3) is 0 Å². The molecule has 23 heavy (non-hydrogen) atoms. The third kappa shape index (κ3) is 2.84. The second-order valence-corrected chi connectivity index (χ2v) is 5.80. The van der Waals surface area contributed by atoms with E-state index in [1.807, 2.05) is 30.3 Å². The second-order valence-electron chi connectivity index (χ2n) is 5.80. The van der Waals surface area contributed by atoms with Crippen molar-refractivity contribution in [1.82, 2.24) is 4.98 Å². The summed E-state index contributed by atoms with van der Waals surface area (Å²) in [6, 6.07) is 10.0. The van der Waals surface area contributed by atoms with Crippen molar-refractivity contribution in [2.45, 2.75) is 25.7 Å². The summed E-state index contributed by atoms with van der Waals surface area (Å²) in [5, 5.41) is 0. The maximum Gasteiger partial charge on any atom is 0.355 e. The summed E-state index contributed by atoms with van der Waals surface area (Å²) in [5.74, 6) is -0.219. The smallest absolute Gasteiger partial charge is 0.355 e. The van der Waals surface area contributed by atoms with Crippen LogP contribution in [0.25, 0.3) is 0 Å². The summed E-state index contributed by atoms with van der Waals surface area (Å²) >= 11 is 0. The Balaban J connectivity index is 1.92. The van der Waals surface area contributed by atoms with Crippen molar-refractivity contribution < 1.29 is 14.3 Å². The summed E-state index contributed by atoms with van der Waals surface area (Å²) in [7, 11) is 0. The first-order chi connectivity index (χ1) is 11.1. The van der Waals surface area contributed by atoms with Gasteiger partial charge in [0.15, 0.2) is 5.78 Å². The van der Waals surface area contributed by atoms with Crippen LogP contribution >= 0.6 is 0 Å². The summed E-state index contributed by atoms with van der Waals surface area (Å²) in [5.41, 5.74) is 3.69. The number of fused-ring (bicyclic) bond motifs is 1. The highest BCUT2D eigenvalue weighted by Gasteiger charge is 2.32. The normalized spacial score (nSPS) is 16.7. The van der Waals surface area contributed by atoms with Crippen LogP contribution in [0.2, 0.25) is 0 Å². The van der Waals surface area contributed by atoms with Crippen LogP contribution in [0.3, 0.4) is 0 Å². The van der Waals surface area contributed by atoms with Crippen molar-refractivity contribution in [3.05, 3.63) is 71.1 Å². The molecule has 0 bridgehead atoms. The molecule has 0 spiro atoms. The van der Waals surface area contributed by atoms with E-state index in [9.17, 15) is 9.59 Å². The van der Waals surface area contributed by atoms with Crippen LogP contribution in [-0.4, -0.2) is 23.3 Å². The summed E-state index contributed by atoms with van der Waals surface area (Å²) in [4.78, 5) is 27.8. The number of hydrogen-bond acceptors (Lipinski definition) is 3. The number of nitrogens with one attached hydrogen (secondary N) is 1. The molecule has 3 rings (SSSR count). The zero-order valence-corrected chi connectivity index (χ0v) is 13.1. The second kappa shape index (κ2) is 6.24. The van der Waals surface area contributed by atoms with Gasteiger partial charge < -0.3 is 9.72 Å². The van der Waals surface area contributed by atoms with Gasteiger partial charge in [0.2, 0.25) is 0 Å². The van der Waals surface area contributed by atoms with Gasteiger partial charge in [-0.15, -0.1) is 0 Å². The molecular weight excluding hydrogens is 290 g/mol. The highest BCUT2D eigenvalue weighted by atomic mass is 16.5. The van der Waals surface area contributed by atoms with Gasteiger partial charge in [-0.2, -0.15) is 0 Å². The number of H-pyrrole nitrogens is 1. The highest BCUT2D eigenvalue weighted by molar-refractivity contribution is 6.03. The number of carbonyl (C=O) groups is 2. The molecule has 118 valence electrons. The fourth-order valence-electron chi connectivity index (χ4n) is 3.21. The van der Waals surface area contributed by atoms with E-state index in [-0.39, 0.29) is 18.3 Å². The molecule has 4 nitrogen and oxygen atoms in total. The monoisotopic (exact) mass is 309 g/mol. The van der Waals surface area contributed by atoms with E-state index >= 15 is 0 Å². The van der Waals surface area contributed by atoms with E-state index in [1.165, 1.54) is 6.08 Å². The number of aromatic amines is 1. The minimum Gasteiger partial charge on any atom is -0.457 e. The lowest BCUT2D eigenvalue weighted by atomic mass is 9.81. The fourth-order valence-corrected chi connectivity index (χ4v) is 3.21. The van der Waals surface area contributed by atoms with Gasteiger partial charge in [-0.1, -0.05) is 43.0 Å². The number of Topliss-reactive ketones (excluding diaryl/α,β-unsaturated/α-hetero) is 1. The van der Waals surface area contributed by atoms with Gasteiger partial charge in [0.05, 0.1) is 0 Å². The summed E-state index contributed by atoms with van der Waals surface area (Å²) in [6.07, 6.45) is 2.71. The number of ether oxygens (including phenoxy) is 1. The zero-order valence-electron chi connectivity index (χ0n) is 13.1. The van der Waals surface area contributed by atoms with Crippen LogP contribution in [0.4, 0.5) is 0 Å². The Bertz CT molecular complexity index is 758. The van der Waals surface area contributed by atoms with E-state index in [4.69, 9.17) is 4.74 Å². The van der Waals surface area contributed by atoms with Gasteiger partial charge in [-0.05, 0) is 30.4 Å². The van der Waals surface area contributed by atoms with Gasteiger partial charge in [0.1, 0.15) is 12.3 Å². The van der Waals surface area contributed by atoms with E-state index in [1.54, 1.807) is 6.92 Å². The molecule has 0 fully saturated rings.